The van der Waals surface area contributed by atoms with Crippen LogP contribution in [0.1, 0.15) is 35.7 Å². The second-order valence-corrected chi connectivity index (χ2v) is 9.43. The maximum absolute atomic E-state index is 13.6. The van der Waals surface area contributed by atoms with E-state index in [1.165, 1.54) is 0 Å². The molecule has 2 aromatic heterocycles. The lowest BCUT2D eigenvalue weighted by Gasteiger charge is -2.47. The Balaban J connectivity index is 1.76. The molecule has 1 fully saturated rings. The van der Waals surface area contributed by atoms with Crippen molar-refractivity contribution in [2.45, 2.75) is 25.9 Å². The summed E-state index contributed by atoms with van der Waals surface area (Å²) in [7, 11) is 1.60. The van der Waals surface area contributed by atoms with E-state index < -0.39 is 0 Å². The van der Waals surface area contributed by atoms with Gasteiger partial charge in [-0.25, -0.2) is 4.79 Å². The summed E-state index contributed by atoms with van der Waals surface area (Å²) in [6.07, 6.45) is 0. The molecule has 0 bridgehead atoms. The number of ketones is 1. The monoisotopic (exact) mass is 440 g/mol. The second-order valence-electron chi connectivity index (χ2n) is 7.47. The van der Waals surface area contributed by atoms with Crippen molar-refractivity contribution in [3.63, 3.8) is 0 Å². The van der Waals surface area contributed by atoms with E-state index in [0.717, 1.165) is 9.75 Å². The number of piperidine rings is 1. The van der Waals surface area contributed by atoms with E-state index >= 15 is 0 Å². The summed E-state index contributed by atoms with van der Waals surface area (Å²) >= 11 is 3.16. The van der Waals surface area contributed by atoms with Gasteiger partial charge in [0, 0.05) is 33.3 Å². The summed E-state index contributed by atoms with van der Waals surface area (Å²) in [5, 5.41) is 7.01. The van der Waals surface area contributed by atoms with Crippen LogP contribution in [0.3, 0.4) is 0 Å². The molecule has 3 aromatic rings. The molecule has 1 aliphatic rings. The van der Waals surface area contributed by atoms with Crippen LogP contribution in [0.25, 0.3) is 0 Å². The highest BCUT2D eigenvalue weighted by molar-refractivity contribution is 7.10. The van der Waals surface area contributed by atoms with Crippen molar-refractivity contribution in [1.82, 2.24) is 4.90 Å². The lowest BCUT2D eigenvalue weighted by molar-refractivity contribution is -0.135. The van der Waals surface area contributed by atoms with Gasteiger partial charge in [0.2, 0.25) is 0 Å². The Morgan fingerprint density at radius 3 is 2.07 bits per heavy atom. The molecule has 1 aromatic carbocycles. The molecule has 0 aliphatic carbocycles. The van der Waals surface area contributed by atoms with Crippen molar-refractivity contribution in [1.29, 1.82) is 0 Å². The lowest BCUT2D eigenvalue weighted by Crippen LogP contribution is -2.52. The Morgan fingerprint density at radius 1 is 0.967 bits per heavy atom. The molecule has 1 N–H and O–H groups in total. The molecule has 156 valence electrons. The third kappa shape index (κ3) is 3.75. The normalized spacial score (nSPS) is 24.0. The van der Waals surface area contributed by atoms with E-state index in [1.807, 2.05) is 72.0 Å². The Bertz CT molecular complexity index is 967. The van der Waals surface area contributed by atoms with Gasteiger partial charge in [-0.05, 0) is 35.0 Å². The fourth-order valence-corrected chi connectivity index (χ4v) is 6.07. The predicted molar refractivity (Wildman–Crippen MR) is 121 cm³/mol. The molecule has 1 saturated heterocycles. The highest BCUT2D eigenvalue weighted by Crippen LogP contribution is 2.48. The fourth-order valence-electron chi connectivity index (χ4n) is 4.21. The quantitative estimate of drug-likeness (QED) is 0.542. The third-order valence-electron chi connectivity index (χ3n) is 5.67. The third-order valence-corrected chi connectivity index (χ3v) is 7.55. The van der Waals surface area contributed by atoms with Crippen molar-refractivity contribution in [3.05, 3.63) is 69.0 Å². The van der Waals surface area contributed by atoms with E-state index in [-0.39, 0.29) is 35.7 Å². The number of urea groups is 1. The Kier molecular flexibility index (Phi) is 5.92. The Hall–Kier alpha value is -2.64. The summed E-state index contributed by atoms with van der Waals surface area (Å²) in [5.41, 5.74) is 0.659. The van der Waals surface area contributed by atoms with Crippen LogP contribution in [0.2, 0.25) is 0 Å². The van der Waals surface area contributed by atoms with Crippen molar-refractivity contribution in [2.75, 3.05) is 12.4 Å². The van der Waals surface area contributed by atoms with Crippen LogP contribution in [-0.2, 0) is 4.79 Å². The number of anilines is 1. The molecular formula is C23H24N2O3S2. The van der Waals surface area contributed by atoms with Gasteiger partial charge < -0.3 is 15.0 Å². The number of Topliss-reactive ketones (excluding diaryl/α,β-unsaturated/α-hetero) is 1. The average Bonchev–Trinajstić information content (AvgIpc) is 3.46. The van der Waals surface area contributed by atoms with Gasteiger partial charge in [0.15, 0.2) is 0 Å². The number of nitrogens with zero attached hydrogens (tertiary/aromatic N) is 1. The number of ether oxygens (including phenoxy) is 1. The minimum atomic E-state index is -0.314. The highest BCUT2D eigenvalue weighted by Gasteiger charge is 2.48. The molecule has 1 aliphatic heterocycles. The van der Waals surface area contributed by atoms with Crippen LogP contribution in [-0.4, -0.2) is 23.8 Å². The van der Waals surface area contributed by atoms with E-state index in [9.17, 15) is 9.59 Å². The standard InChI is InChI=1S/C23H24N2O3S2/c1-14-20(18-9-5-11-29-18)25(21(15(2)22(14)26)19-10-6-12-30-19)23(27)24-16-7-4-8-17(13-16)28-3/h4-15,20-21H,1-3H3,(H,24,27)/t14-,15+,20+,21-. The average molecular weight is 441 g/mol. The zero-order valence-electron chi connectivity index (χ0n) is 17.1. The van der Waals surface area contributed by atoms with Crippen LogP contribution in [0.15, 0.2) is 59.3 Å². The molecule has 4 rings (SSSR count). The van der Waals surface area contributed by atoms with Crippen molar-refractivity contribution in [2.24, 2.45) is 11.8 Å². The first-order chi connectivity index (χ1) is 14.5. The van der Waals surface area contributed by atoms with Gasteiger partial charge >= 0.3 is 6.03 Å². The van der Waals surface area contributed by atoms with Gasteiger partial charge in [0.05, 0.1) is 19.2 Å². The number of nitrogens with one attached hydrogen (secondary N) is 1. The predicted octanol–water partition coefficient (Wildman–Crippen LogP) is 5.99. The molecule has 3 heterocycles. The number of rotatable bonds is 4. The Labute approximate surface area is 184 Å². The minimum Gasteiger partial charge on any atom is -0.497 e. The van der Waals surface area contributed by atoms with E-state index in [2.05, 4.69) is 5.32 Å². The zero-order chi connectivity index (χ0) is 21.3. The molecule has 0 unspecified atom stereocenters. The number of methoxy groups -OCH3 is 1. The zero-order valence-corrected chi connectivity index (χ0v) is 18.7. The van der Waals surface area contributed by atoms with Crippen molar-refractivity contribution >= 4 is 40.2 Å². The number of carbonyl (C=O) groups excluding carboxylic acids is 2. The largest absolute Gasteiger partial charge is 0.497 e. The van der Waals surface area contributed by atoms with E-state index in [1.54, 1.807) is 35.8 Å². The minimum absolute atomic E-state index is 0.192. The fraction of sp³-hybridized carbons (Fsp3) is 0.304. The van der Waals surface area contributed by atoms with E-state index in [0.29, 0.717) is 11.4 Å². The topological polar surface area (TPSA) is 58.6 Å². The van der Waals surface area contributed by atoms with Crippen LogP contribution in [0.4, 0.5) is 10.5 Å². The molecule has 2 amide bonds. The molecule has 30 heavy (non-hydrogen) atoms. The molecular weight excluding hydrogens is 416 g/mol. The maximum Gasteiger partial charge on any atom is 0.322 e. The molecule has 4 atom stereocenters. The molecule has 0 spiro atoms. The van der Waals surface area contributed by atoms with Gasteiger partial charge in [-0.2, -0.15) is 0 Å². The number of thiophene rings is 2. The lowest BCUT2D eigenvalue weighted by atomic mass is 9.78. The molecule has 5 nitrogen and oxygen atoms in total. The number of benzene rings is 1. The van der Waals surface area contributed by atoms with Crippen LogP contribution >= 0.6 is 22.7 Å². The van der Waals surface area contributed by atoms with Gasteiger partial charge in [0.1, 0.15) is 11.5 Å². The summed E-state index contributed by atoms with van der Waals surface area (Å²) in [5.74, 6) is 0.294. The molecule has 0 saturated carbocycles. The van der Waals surface area contributed by atoms with Crippen LogP contribution in [0, 0.1) is 11.8 Å². The first-order valence-electron chi connectivity index (χ1n) is 9.85. The van der Waals surface area contributed by atoms with Gasteiger partial charge in [-0.3, -0.25) is 4.79 Å². The summed E-state index contributed by atoms with van der Waals surface area (Å²) < 4.78 is 5.28. The summed E-state index contributed by atoms with van der Waals surface area (Å²) in [6, 6.07) is 14.4. The van der Waals surface area contributed by atoms with E-state index in [4.69, 9.17) is 4.74 Å². The first kappa shape index (κ1) is 20.6. The van der Waals surface area contributed by atoms with Crippen LogP contribution in [0.5, 0.6) is 5.75 Å². The van der Waals surface area contributed by atoms with Gasteiger partial charge in [-0.15, -0.1) is 22.7 Å². The number of hydrogen-bond acceptors (Lipinski definition) is 5. The SMILES string of the molecule is COc1cccc(NC(=O)N2[C@H](c3cccs3)[C@@H](C)C(=O)[C@@H](C)[C@@H]2c2cccs2)c1. The van der Waals surface area contributed by atoms with Gasteiger partial charge in [0.25, 0.3) is 0 Å². The van der Waals surface area contributed by atoms with Crippen molar-refractivity contribution < 1.29 is 14.3 Å². The van der Waals surface area contributed by atoms with Gasteiger partial charge in [-0.1, -0.05) is 32.0 Å². The number of hydrogen-bond donors (Lipinski definition) is 1. The number of amides is 2. The Morgan fingerprint density at radius 2 is 1.57 bits per heavy atom. The van der Waals surface area contributed by atoms with Crippen molar-refractivity contribution in [3.8, 4) is 5.75 Å². The molecule has 7 heteroatoms. The smallest absolute Gasteiger partial charge is 0.322 e. The summed E-state index contributed by atoms with van der Waals surface area (Å²) in [6.45, 7) is 3.86. The maximum atomic E-state index is 13.6. The van der Waals surface area contributed by atoms with Crippen LogP contribution < -0.4 is 10.1 Å². The second kappa shape index (κ2) is 8.62. The first-order valence-corrected chi connectivity index (χ1v) is 11.6. The highest BCUT2D eigenvalue weighted by atomic mass is 32.1. The summed E-state index contributed by atoms with van der Waals surface area (Å²) in [4.78, 5) is 30.7. The molecule has 0 radical (unpaired) electrons. The number of likely N-dealkylation sites (tertiary alicyclic amines) is 1. The number of carbonyl (C=O) groups is 2.